The highest BCUT2D eigenvalue weighted by Gasteiger charge is 2.17. The van der Waals surface area contributed by atoms with E-state index in [1.54, 1.807) is 6.33 Å². The van der Waals surface area contributed by atoms with Crippen LogP contribution in [-0.2, 0) is 6.42 Å². The number of hydrogen-bond donors (Lipinski definition) is 1. The van der Waals surface area contributed by atoms with Gasteiger partial charge in [0.15, 0.2) is 0 Å². The van der Waals surface area contributed by atoms with E-state index in [2.05, 4.69) is 16.9 Å². The number of anilines is 1. The molecule has 1 heterocycles. The largest absolute Gasteiger partial charge is 0.383 e. The van der Waals surface area contributed by atoms with Crippen LogP contribution < -0.4 is 5.73 Å². The van der Waals surface area contributed by atoms with Crippen LogP contribution in [0.25, 0.3) is 0 Å². The van der Waals surface area contributed by atoms with E-state index in [0.29, 0.717) is 5.82 Å². The van der Waals surface area contributed by atoms with E-state index in [-0.39, 0.29) is 0 Å². The predicted molar refractivity (Wildman–Crippen MR) is 73.1 cm³/mol. The van der Waals surface area contributed by atoms with Crippen LogP contribution in [-0.4, -0.2) is 15.7 Å². The highest BCUT2D eigenvalue weighted by atomic mass is 32.2. The first kappa shape index (κ1) is 12.7. The van der Waals surface area contributed by atoms with Gasteiger partial charge in [-0.3, -0.25) is 0 Å². The van der Waals surface area contributed by atoms with Gasteiger partial charge < -0.3 is 5.73 Å². The summed E-state index contributed by atoms with van der Waals surface area (Å²) in [5.41, 5.74) is 7.08. The molecule has 94 valence electrons. The van der Waals surface area contributed by atoms with Crippen molar-refractivity contribution < 1.29 is 0 Å². The molecule has 0 atom stereocenters. The third kappa shape index (κ3) is 3.35. The Morgan fingerprint density at radius 1 is 1.35 bits per heavy atom. The Balaban J connectivity index is 2.00. The van der Waals surface area contributed by atoms with Crippen LogP contribution in [0.5, 0.6) is 0 Å². The number of nitrogens with zero attached hydrogens (tertiary/aromatic N) is 2. The zero-order valence-electron chi connectivity index (χ0n) is 10.5. The van der Waals surface area contributed by atoms with E-state index in [1.807, 2.05) is 11.8 Å². The summed E-state index contributed by atoms with van der Waals surface area (Å²) in [5, 5.41) is 1.10. The molecule has 0 spiro atoms. The van der Waals surface area contributed by atoms with Gasteiger partial charge in [0.25, 0.3) is 0 Å². The van der Waals surface area contributed by atoms with Crippen LogP contribution in [0.4, 0.5) is 5.82 Å². The fourth-order valence-corrected chi connectivity index (χ4v) is 3.62. The van der Waals surface area contributed by atoms with Gasteiger partial charge >= 0.3 is 0 Å². The van der Waals surface area contributed by atoms with Crippen molar-refractivity contribution in [3.05, 3.63) is 11.9 Å². The van der Waals surface area contributed by atoms with Crippen molar-refractivity contribution in [1.29, 1.82) is 0 Å². The van der Waals surface area contributed by atoms with E-state index in [9.17, 15) is 0 Å². The topological polar surface area (TPSA) is 51.8 Å². The molecule has 0 saturated heterocycles. The first-order valence-electron chi connectivity index (χ1n) is 6.53. The lowest BCUT2D eigenvalue weighted by atomic mass is 10.1. The van der Waals surface area contributed by atoms with E-state index >= 15 is 0 Å². The molecule has 2 rings (SSSR count). The molecule has 0 aromatic carbocycles. The van der Waals surface area contributed by atoms with E-state index in [4.69, 9.17) is 5.73 Å². The minimum absolute atomic E-state index is 0.663. The van der Waals surface area contributed by atoms with Gasteiger partial charge in [0.05, 0.1) is 0 Å². The number of thioether (sulfide) groups is 1. The van der Waals surface area contributed by atoms with Crippen molar-refractivity contribution >= 4 is 17.6 Å². The van der Waals surface area contributed by atoms with Gasteiger partial charge in [0, 0.05) is 11.3 Å². The fraction of sp³-hybridized carbons (Fsp3) is 0.692. The molecule has 0 bridgehead atoms. The molecule has 0 aliphatic heterocycles. The maximum Gasteiger partial charge on any atom is 0.131 e. The van der Waals surface area contributed by atoms with E-state index < -0.39 is 0 Å². The molecule has 1 aromatic rings. The molecule has 17 heavy (non-hydrogen) atoms. The number of nitrogen functional groups attached to an aromatic ring is 1. The van der Waals surface area contributed by atoms with Gasteiger partial charge in [-0.05, 0) is 25.2 Å². The summed E-state index contributed by atoms with van der Waals surface area (Å²) in [7, 11) is 0. The summed E-state index contributed by atoms with van der Waals surface area (Å²) >= 11 is 1.87. The van der Waals surface area contributed by atoms with E-state index in [0.717, 1.165) is 29.3 Å². The Kier molecular flexibility index (Phi) is 4.66. The van der Waals surface area contributed by atoms with Gasteiger partial charge in [-0.2, -0.15) is 0 Å². The van der Waals surface area contributed by atoms with Crippen LogP contribution in [0.1, 0.15) is 44.6 Å². The van der Waals surface area contributed by atoms with Crippen molar-refractivity contribution in [3.8, 4) is 0 Å². The summed E-state index contributed by atoms with van der Waals surface area (Å²) in [6.07, 6.45) is 9.24. The Morgan fingerprint density at radius 2 is 2.12 bits per heavy atom. The Bertz CT molecular complexity index is 362. The minimum Gasteiger partial charge on any atom is -0.383 e. The molecule has 1 fully saturated rings. The van der Waals surface area contributed by atoms with Crippen LogP contribution in [0.2, 0.25) is 0 Å². The van der Waals surface area contributed by atoms with Crippen molar-refractivity contribution in [1.82, 2.24) is 9.97 Å². The smallest absolute Gasteiger partial charge is 0.131 e. The number of aromatic nitrogens is 2. The quantitative estimate of drug-likeness (QED) is 0.644. The summed E-state index contributed by atoms with van der Waals surface area (Å²) < 4.78 is 0. The standard InChI is InChI=1S/C13H21N3S/c1-2-5-11-12(14)15-9-16-13(11)17-8-10-6-3-4-7-10/h9-10H,2-8H2,1H3,(H2,14,15,16). The van der Waals surface area contributed by atoms with Crippen molar-refractivity contribution in [2.24, 2.45) is 5.92 Å². The molecule has 2 N–H and O–H groups in total. The van der Waals surface area contributed by atoms with Crippen LogP contribution in [0, 0.1) is 5.92 Å². The minimum atomic E-state index is 0.663. The van der Waals surface area contributed by atoms with Gasteiger partial charge in [0.2, 0.25) is 0 Å². The number of nitrogens with two attached hydrogens (primary N) is 1. The molecule has 0 radical (unpaired) electrons. The average molecular weight is 251 g/mol. The lowest BCUT2D eigenvalue weighted by Gasteiger charge is -2.11. The SMILES string of the molecule is CCCc1c(N)ncnc1SCC1CCCC1. The fourth-order valence-electron chi connectivity index (χ4n) is 2.39. The first-order chi connectivity index (χ1) is 8.31. The van der Waals surface area contributed by atoms with Gasteiger partial charge in [-0.1, -0.05) is 26.2 Å². The summed E-state index contributed by atoms with van der Waals surface area (Å²) in [6.45, 7) is 2.16. The highest BCUT2D eigenvalue weighted by Crippen LogP contribution is 2.32. The van der Waals surface area contributed by atoms with Crippen molar-refractivity contribution in [3.63, 3.8) is 0 Å². The third-order valence-electron chi connectivity index (χ3n) is 3.37. The zero-order chi connectivity index (χ0) is 12.1. The van der Waals surface area contributed by atoms with Gasteiger partial charge in [-0.25, -0.2) is 9.97 Å². The second-order valence-electron chi connectivity index (χ2n) is 4.75. The lowest BCUT2D eigenvalue weighted by Crippen LogP contribution is -2.04. The van der Waals surface area contributed by atoms with Crippen LogP contribution in [0.15, 0.2) is 11.4 Å². The van der Waals surface area contributed by atoms with E-state index in [1.165, 1.54) is 31.4 Å². The molecule has 0 amide bonds. The number of rotatable bonds is 5. The highest BCUT2D eigenvalue weighted by molar-refractivity contribution is 7.99. The molecular weight excluding hydrogens is 230 g/mol. The first-order valence-corrected chi connectivity index (χ1v) is 7.52. The summed E-state index contributed by atoms with van der Waals surface area (Å²) in [5.74, 6) is 2.73. The Hall–Kier alpha value is -0.770. The van der Waals surface area contributed by atoms with Crippen molar-refractivity contribution in [2.75, 3.05) is 11.5 Å². The normalized spacial score (nSPS) is 16.5. The molecule has 3 nitrogen and oxygen atoms in total. The van der Waals surface area contributed by atoms with Crippen molar-refractivity contribution in [2.45, 2.75) is 50.5 Å². The molecule has 1 saturated carbocycles. The van der Waals surface area contributed by atoms with Crippen LogP contribution in [0.3, 0.4) is 0 Å². The second-order valence-corrected chi connectivity index (χ2v) is 5.76. The molecule has 1 aromatic heterocycles. The summed E-state index contributed by atoms with van der Waals surface area (Å²) in [4.78, 5) is 8.48. The summed E-state index contributed by atoms with van der Waals surface area (Å²) in [6, 6.07) is 0. The van der Waals surface area contributed by atoms with Crippen LogP contribution >= 0.6 is 11.8 Å². The number of hydrogen-bond acceptors (Lipinski definition) is 4. The third-order valence-corrected chi connectivity index (χ3v) is 4.63. The maximum absolute atomic E-state index is 5.93. The van der Waals surface area contributed by atoms with Gasteiger partial charge in [-0.15, -0.1) is 11.8 Å². The molecule has 0 unspecified atom stereocenters. The molecule has 4 heteroatoms. The second kappa shape index (κ2) is 6.24. The molecule has 1 aliphatic rings. The Morgan fingerprint density at radius 3 is 2.82 bits per heavy atom. The van der Waals surface area contributed by atoms with Gasteiger partial charge in [0.1, 0.15) is 17.2 Å². The monoisotopic (exact) mass is 251 g/mol. The molecular formula is C13H21N3S. The molecule has 1 aliphatic carbocycles. The lowest BCUT2D eigenvalue weighted by molar-refractivity contribution is 0.622. The zero-order valence-corrected chi connectivity index (χ0v) is 11.3. The maximum atomic E-state index is 5.93. The Labute approximate surface area is 108 Å². The average Bonchev–Trinajstić information content (AvgIpc) is 2.83. The predicted octanol–water partition coefficient (Wildman–Crippen LogP) is 3.29.